The van der Waals surface area contributed by atoms with Gasteiger partial charge in [-0.15, -0.1) is 0 Å². The van der Waals surface area contributed by atoms with Crippen LogP contribution in [0.3, 0.4) is 0 Å². The number of aryl methyl sites for hydroxylation is 7. The highest BCUT2D eigenvalue weighted by atomic mass is 19.4. The van der Waals surface area contributed by atoms with Gasteiger partial charge in [-0.05, 0) is 219 Å². The number of alkyl halides is 3. The monoisotopic (exact) mass is 1300 g/mol. The number of rotatable bonds is 6. The van der Waals surface area contributed by atoms with E-state index in [9.17, 15) is 22.0 Å². The fourth-order valence-corrected chi connectivity index (χ4v) is 12.6. The molecule has 16 heteroatoms. The molecule has 0 bridgehead atoms. The number of halogens is 5. The van der Waals surface area contributed by atoms with Crippen LogP contribution < -0.4 is 4.74 Å². The van der Waals surface area contributed by atoms with Crippen LogP contribution in [0.4, 0.5) is 22.0 Å². The van der Waals surface area contributed by atoms with Crippen LogP contribution in [0.2, 0.25) is 0 Å². The SMILES string of the molecule is CC.CC.CC.CC.CC.COc1cccc(-c2nn3c(c2C)CCC3)c1.Cc1c(-c2ccc(F)cc2)nn2c1CCC2.Cc1c(-c2cccc(C(F)(F)F)c2)nn2c1CCC2.Cc1cc(-c2nn3c(c2C)CCC3)ccc1F.Cc1cccc(-c2nn3c(c2C)CCC3)c1. The number of aromatic nitrogens is 10. The van der Waals surface area contributed by atoms with E-state index < -0.39 is 11.7 Å². The largest absolute Gasteiger partial charge is 0.497 e. The van der Waals surface area contributed by atoms with Crippen LogP contribution in [0.15, 0.2) is 115 Å². The van der Waals surface area contributed by atoms with Crippen molar-refractivity contribution in [2.45, 2.75) is 221 Å². The van der Waals surface area contributed by atoms with Crippen molar-refractivity contribution >= 4 is 0 Å². The molecular formula is C79H103F5N10O. The lowest BCUT2D eigenvalue weighted by atomic mass is 10.0. The van der Waals surface area contributed by atoms with E-state index in [0.717, 1.165) is 122 Å². The highest BCUT2D eigenvalue weighted by Crippen LogP contribution is 2.37. The van der Waals surface area contributed by atoms with Crippen molar-refractivity contribution in [1.82, 2.24) is 48.9 Å². The van der Waals surface area contributed by atoms with E-state index in [1.165, 1.54) is 124 Å². The zero-order chi connectivity index (χ0) is 69.7. The molecule has 10 heterocycles. The summed E-state index contributed by atoms with van der Waals surface area (Å²) in [6.45, 7) is 39.4. The standard InChI is InChI=1S/C14H13F3N2.C14H15FN2.C14H16N2O.C14H16N2.C13H13FN2.5C2H6/c1-9-12-6-3-7-19(12)18-13(9)10-4-2-5-11(8-10)14(15,16)17;1-9-8-11(5-6-12(9)15)14-10(2)13-4-3-7-17(13)16-14;1-10-13-7-4-8-16(13)15-14(10)11-5-3-6-12(9-11)17-2;1-10-5-3-6-12(9-10)14-11(2)13-7-4-8-16(13)15-14;1-9-12-3-2-8-16(12)15-13(9)10-4-6-11(14)7-5-10;5*1-2/h2,4-5,8H,3,6-7H2,1H3;5-6,8H,3-4,7H2,1-2H3;3,5-6,9H,4,7-8H2,1-2H3;3,5-6,9H,4,7-8H2,1-2H3;4-7H,2-3,8H2,1H3;5*1-2H3. The molecule has 0 aliphatic carbocycles. The number of hydrogen-bond donors (Lipinski definition) is 0. The minimum atomic E-state index is -4.31. The molecule has 0 spiro atoms. The van der Waals surface area contributed by atoms with Crippen molar-refractivity contribution < 1.29 is 26.7 Å². The number of fused-ring (bicyclic) bond motifs is 5. The zero-order valence-corrected chi connectivity index (χ0v) is 59.8. The molecule has 15 rings (SSSR count). The number of methoxy groups -OCH3 is 1. The third kappa shape index (κ3) is 17.9. The fraction of sp³-hybridized carbons (Fsp3) is 0.430. The van der Waals surface area contributed by atoms with Gasteiger partial charge in [-0.2, -0.15) is 38.7 Å². The Morgan fingerprint density at radius 3 is 1.01 bits per heavy atom. The van der Waals surface area contributed by atoms with E-state index in [1.54, 1.807) is 32.2 Å². The molecule has 0 fully saturated rings. The Morgan fingerprint density at radius 2 is 0.674 bits per heavy atom. The van der Waals surface area contributed by atoms with E-state index in [0.29, 0.717) is 16.8 Å². The van der Waals surface area contributed by atoms with Gasteiger partial charge in [0, 0.05) is 89.0 Å². The van der Waals surface area contributed by atoms with Crippen molar-refractivity contribution in [2.24, 2.45) is 0 Å². The summed E-state index contributed by atoms with van der Waals surface area (Å²) in [5.41, 5.74) is 24.0. The molecule has 0 saturated heterocycles. The third-order valence-corrected chi connectivity index (χ3v) is 17.2. The minimum absolute atomic E-state index is 0.154. The van der Waals surface area contributed by atoms with Gasteiger partial charge in [-0.25, -0.2) is 8.78 Å². The molecule has 0 amide bonds. The second-order valence-corrected chi connectivity index (χ2v) is 22.9. The Balaban J connectivity index is 0.000000182. The van der Waals surface area contributed by atoms with Crippen molar-refractivity contribution in [3.63, 3.8) is 0 Å². The molecule has 0 N–H and O–H groups in total. The molecule has 10 aromatic rings. The van der Waals surface area contributed by atoms with Gasteiger partial charge >= 0.3 is 6.18 Å². The Hall–Kier alpha value is -8.40. The lowest BCUT2D eigenvalue weighted by molar-refractivity contribution is -0.137. The molecule has 5 aromatic heterocycles. The number of hydrogen-bond acceptors (Lipinski definition) is 6. The van der Waals surface area contributed by atoms with E-state index in [1.807, 2.05) is 111 Å². The van der Waals surface area contributed by atoms with Crippen LogP contribution in [0.25, 0.3) is 56.3 Å². The van der Waals surface area contributed by atoms with Gasteiger partial charge in [0.05, 0.1) is 41.1 Å². The number of nitrogens with zero attached hydrogens (tertiary/aromatic N) is 10. The van der Waals surface area contributed by atoms with Crippen LogP contribution in [0.1, 0.15) is 174 Å². The Labute approximate surface area is 562 Å². The van der Waals surface area contributed by atoms with Crippen LogP contribution in [0.5, 0.6) is 5.75 Å². The van der Waals surface area contributed by atoms with Crippen LogP contribution in [0, 0.1) is 60.1 Å². The topological polar surface area (TPSA) is 98.3 Å². The van der Waals surface area contributed by atoms with Gasteiger partial charge < -0.3 is 4.74 Å². The maximum Gasteiger partial charge on any atom is 0.416 e. The first kappa shape index (κ1) is 75.6. The van der Waals surface area contributed by atoms with Crippen molar-refractivity contribution in [3.8, 4) is 62.0 Å². The van der Waals surface area contributed by atoms with Gasteiger partial charge in [0.25, 0.3) is 0 Å². The van der Waals surface area contributed by atoms with Gasteiger partial charge in [-0.1, -0.05) is 117 Å². The van der Waals surface area contributed by atoms with Crippen LogP contribution in [-0.4, -0.2) is 56.0 Å². The molecule has 0 atom stereocenters. The Kier molecular flexibility index (Phi) is 28.6. The molecule has 510 valence electrons. The normalized spacial score (nSPS) is 13.0. The highest BCUT2D eigenvalue weighted by molar-refractivity contribution is 5.69. The van der Waals surface area contributed by atoms with Gasteiger partial charge in [0.2, 0.25) is 0 Å². The molecule has 0 radical (unpaired) electrons. The van der Waals surface area contributed by atoms with Crippen molar-refractivity contribution in [1.29, 1.82) is 0 Å². The Bertz CT molecular complexity index is 4040. The second-order valence-electron chi connectivity index (χ2n) is 22.9. The summed E-state index contributed by atoms with van der Waals surface area (Å²) in [7, 11) is 1.69. The van der Waals surface area contributed by atoms with Gasteiger partial charge in [0.1, 0.15) is 17.4 Å². The van der Waals surface area contributed by atoms with Crippen molar-refractivity contribution in [3.05, 3.63) is 200 Å². The second kappa shape index (κ2) is 35.9. The average molecular weight is 1300 g/mol. The fourth-order valence-electron chi connectivity index (χ4n) is 12.6. The lowest BCUT2D eigenvalue weighted by Crippen LogP contribution is -2.04. The molecule has 5 aromatic carbocycles. The van der Waals surface area contributed by atoms with Crippen LogP contribution in [-0.2, 0) is 71.0 Å². The smallest absolute Gasteiger partial charge is 0.416 e. The van der Waals surface area contributed by atoms with E-state index in [-0.39, 0.29) is 11.6 Å². The minimum Gasteiger partial charge on any atom is -0.497 e. The zero-order valence-electron chi connectivity index (χ0n) is 59.8. The van der Waals surface area contributed by atoms with E-state index >= 15 is 0 Å². The first-order valence-corrected chi connectivity index (χ1v) is 34.7. The molecule has 0 saturated carbocycles. The first-order chi connectivity index (χ1) is 45.9. The summed E-state index contributed by atoms with van der Waals surface area (Å²) in [4.78, 5) is 0. The van der Waals surface area contributed by atoms with Gasteiger partial charge in [-0.3, -0.25) is 23.4 Å². The molecule has 0 unspecified atom stereocenters. The van der Waals surface area contributed by atoms with E-state index in [4.69, 9.17) is 14.9 Å². The summed E-state index contributed by atoms with van der Waals surface area (Å²) in [5.74, 6) is 0.529. The van der Waals surface area contributed by atoms with Gasteiger partial charge in [0.15, 0.2) is 0 Å². The van der Waals surface area contributed by atoms with Crippen LogP contribution >= 0.6 is 0 Å². The average Bonchev–Trinajstić information content (AvgIpc) is 1.73. The molecular weight excluding hydrogens is 1200 g/mol. The maximum atomic E-state index is 13.3. The summed E-state index contributed by atoms with van der Waals surface area (Å²) >= 11 is 0. The summed E-state index contributed by atoms with van der Waals surface area (Å²) in [6.07, 6.45) is 7.11. The molecule has 5 aliphatic heterocycles. The van der Waals surface area contributed by atoms with Crippen molar-refractivity contribution in [2.75, 3.05) is 7.11 Å². The molecule has 11 nitrogen and oxygen atoms in total. The predicted molar refractivity (Wildman–Crippen MR) is 381 cm³/mol. The summed E-state index contributed by atoms with van der Waals surface area (Å²) < 4.78 is 79.9. The summed E-state index contributed by atoms with van der Waals surface area (Å²) in [6, 6.07) is 33.8. The van der Waals surface area contributed by atoms with E-state index in [2.05, 4.69) is 99.0 Å². The lowest BCUT2D eigenvalue weighted by Gasteiger charge is -2.08. The number of benzene rings is 5. The summed E-state index contributed by atoms with van der Waals surface area (Å²) in [5, 5.41) is 23.1. The highest BCUT2D eigenvalue weighted by Gasteiger charge is 2.31. The quantitative estimate of drug-likeness (QED) is 0.154. The predicted octanol–water partition coefficient (Wildman–Crippen LogP) is 21.1. The maximum absolute atomic E-state index is 13.3. The third-order valence-electron chi connectivity index (χ3n) is 17.2. The first-order valence-electron chi connectivity index (χ1n) is 34.7. The molecule has 5 aliphatic rings. The molecule has 95 heavy (non-hydrogen) atoms. The number of ether oxygens (including phenoxy) is 1. The Morgan fingerprint density at radius 1 is 0.358 bits per heavy atom.